The second kappa shape index (κ2) is 10.2. The van der Waals surface area contributed by atoms with Crippen LogP contribution >= 0.6 is 0 Å². The minimum atomic E-state index is -1.14. The number of quaternary nitrogens is 1. The number of aliphatic carboxylic acids is 1. The predicted octanol–water partition coefficient (Wildman–Crippen LogP) is -0.897. The van der Waals surface area contributed by atoms with Crippen molar-refractivity contribution in [2.45, 2.75) is 38.8 Å². The third-order valence-corrected chi connectivity index (χ3v) is 3.11. The van der Waals surface area contributed by atoms with Crippen LogP contribution in [0.3, 0.4) is 0 Å². The quantitative estimate of drug-likeness (QED) is 0.274. The number of hydrogen-bond acceptors (Lipinski definition) is 7. The molecule has 0 amide bonds. The fraction of sp³-hybridized carbons (Fsp3) is 0.800. The highest BCUT2D eigenvalue weighted by Crippen LogP contribution is 2.08. The van der Waals surface area contributed by atoms with Crippen molar-refractivity contribution in [3.63, 3.8) is 0 Å². The van der Waals surface area contributed by atoms with Crippen LogP contribution in [0.5, 0.6) is 0 Å². The Morgan fingerprint density at radius 2 is 1.74 bits per heavy atom. The maximum Gasteiger partial charge on any atom is 0.305 e. The van der Waals surface area contributed by atoms with Crippen molar-refractivity contribution in [3.8, 4) is 0 Å². The standard InChI is InChI=1S/C15H27NO7/c1-6-14(18)23-12(10-22-11(2)17)9-21-8-7-13(15(19)20)16(3,4)5/h12-13H,6-10H2,1-5H3. The molecule has 0 rings (SSSR count). The maximum absolute atomic E-state index is 11.3. The minimum absolute atomic E-state index is 0.0237. The molecule has 0 spiro atoms. The second-order valence-electron chi connectivity index (χ2n) is 6.08. The van der Waals surface area contributed by atoms with Gasteiger partial charge in [-0.25, -0.2) is 0 Å². The third-order valence-electron chi connectivity index (χ3n) is 3.11. The Morgan fingerprint density at radius 1 is 1.13 bits per heavy atom. The summed E-state index contributed by atoms with van der Waals surface area (Å²) in [4.78, 5) is 33.3. The lowest BCUT2D eigenvalue weighted by molar-refractivity contribution is -0.889. The van der Waals surface area contributed by atoms with Crippen molar-refractivity contribution in [3.05, 3.63) is 0 Å². The first kappa shape index (κ1) is 21.3. The molecule has 0 N–H and O–H groups in total. The Labute approximate surface area is 136 Å². The van der Waals surface area contributed by atoms with Crippen molar-refractivity contribution >= 4 is 17.9 Å². The van der Waals surface area contributed by atoms with Crippen molar-refractivity contribution in [2.75, 3.05) is 41.0 Å². The van der Waals surface area contributed by atoms with Gasteiger partial charge < -0.3 is 28.6 Å². The van der Waals surface area contributed by atoms with E-state index in [0.717, 1.165) is 0 Å². The lowest BCUT2D eigenvalue weighted by atomic mass is 10.1. The summed E-state index contributed by atoms with van der Waals surface area (Å²) < 4.78 is 15.5. The summed E-state index contributed by atoms with van der Waals surface area (Å²) in [7, 11) is 5.27. The van der Waals surface area contributed by atoms with Crippen LogP contribution in [-0.4, -0.2) is 75.5 Å². The van der Waals surface area contributed by atoms with Crippen LogP contribution in [0, 0.1) is 0 Å². The minimum Gasteiger partial charge on any atom is -0.544 e. The molecule has 0 aromatic rings. The van der Waals surface area contributed by atoms with Crippen molar-refractivity contribution < 1.29 is 38.2 Å². The average molecular weight is 333 g/mol. The van der Waals surface area contributed by atoms with E-state index in [-0.39, 0.29) is 37.1 Å². The molecule has 0 aromatic heterocycles. The van der Waals surface area contributed by atoms with E-state index in [1.807, 2.05) is 0 Å². The van der Waals surface area contributed by atoms with E-state index in [4.69, 9.17) is 14.2 Å². The van der Waals surface area contributed by atoms with Gasteiger partial charge in [0, 0.05) is 19.8 Å². The van der Waals surface area contributed by atoms with E-state index in [2.05, 4.69) is 0 Å². The van der Waals surface area contributed by atoms with E-state index >= 15 is 0 Å². The molecular weight excluding hydrogens is 306 g/mol. The Balaban J connectivity index is 4.36. The van der Waals surface area contributed by atoms with Gasteiger partial charge in [-0.15, -0.1) is 0 Å². The van der Waals surface area contributed by atoms with Crippen LogP contribution in [0.15, 0.2) is 0 Å². The number of hydrogen-bond donors (Lipinski definition) is 0. The SMILES string of the molecule is CCC(=O)OC(COCCC(C(=O)[O-])[N+](C)(C)C)COC(C)=O. The molecule has 8 nitrogen and oxygen atoms in total. The molecule has 0 aliphatic carbocycles. The van der Waals surface area contributed by atoms with Gasteiger partial charge in [-0.1, -0.05) is 6.92 Å². The van der Waals surface area contributed by atoms with Crippen LogP contribution < -0.4 is 5.11 Å². The number of ether oxygens (including phenoxy) is 3. The van der Waals surface area contributed by atoms with Crippen molar-refractivity contribution in [2.24, 2.45) is 0 Å². The maximum atomic E-state index is 11.3. The summed E-state index contributed by atoms with van der Waals surface area (Å²) in [5.74, 6) is -2.05. The normalized spacial score (nSPS) is 14.0. The highest BCUT2D eigenvalue weighted by molar-refractivity contribution is 5.70. The summed E-state index contributed by atoms with van der Waals surface area (Å²) in [6.07, 6.45) is -0.254. The second-order valence-corrected chi connectivity index (χ2v) is 6.08. The van der Waals surface area contributed by atoms with E-state index in [1.165, 1.54) is 6.92 Å². The van der Waals surface area contributed by atoms with Crippen LogP contribution in [0.1, 0.15) is 26.7 Å². The molecule has 0 fully saturated rings. The molecule has 8 heteroatoms. The molecule has 2 unspecified atom stereocenters. The zero-order valence-electron chi connectivity index (χ0n) is 14.5. The Kier molecular flexibility index (Phi) is 9.43. The smallest absolute Gasteiger partial charge is 0.305 e. The van der Waals surface area contributed by atoms with Crippen molar-refractivity contribution in [1.29, 1.82) is 0 Å². The lowest BCUT2D eigenvalue weighted by Crippen LogP contribution is -2.55. The first-order valence-electron chi connectivity index (χ1n) is 7.50. The highest BCUT2D eigenvalue weighted by Gasteiger charge is 2.25. The van der Waals surface area contributed by atoms with Gasteiger partial charge >= 0.3 is 11.9 Å². The molecule has 0 aliphatic rings. The fourth-order valence-electron chi connectivity index (χ4n) is 1.83. The van der Waals surface area contributed by atoms with Crippen LogP contribution in [0.4, 0.5) is 0 Å². The van der Waals surface area contributed by atoms with Crippen LogP contribution in [-0.2, 0) is 28.6 Å². The molecule has 0 bridgehead atoms. The fourth-order valence-corrected chi connectivity index (χ4v) is 1.83. The van der Waals surface area contributed by atoms with Gasteiger partial charge in [-0.3, -0.25) is 9.59 Å². The van der Waals surface area contributed by atoms with Gasteiger partial charge in [0.2, 0.25) is 0 Å². The first-order valence-corrected chi connectivity index (χ1v) is 7.50. The largest absolute Gasteiger partial charge is 0.544 e. The molecule has 23 heavy (non-hydrogen) atoms. The topological polar surface area (TPSA) is 102 Å². The predicted molar refractivity (Wildman–Crippen MR) is 79.1 cm³/mol. The summed E-state index contributed by atoms with van der Waals surface area (Å²) in [5.41, 5.74) is 0. The molecule has 0 aromatic carbocycles. The van der Waals surface area contributed by atoms with Crippen LogP contribution in [0.2, 0.25) is 0 Å². The van der Waals surface area contributed by atoms with Gasteiger partial charge in [-0.2, -0.15) is 0 Å². The molecule has 0 aliphatic heterocycles. The molecule has 2 atom stereocenters. The lowest BCUT2D eigenvalue weighted by Gasteiger charge is -2.34. The zero-order chi connectivity index (χ0) is 18.0. The number of nitrogens with zero attached hydrogens (tertiary/aromatic N) is 1. The summed E-state index contributed by atoms with van der Waals surface area (Å²) >= 11 is 0. The third kappa shape index (κ3) is 9.85. The van der Waals surface area contributed by atoms with Gasteiger partial charge in [0.25, 0.3) is 0 Å². The Bertz CT molecular complexity index is 403. The molecule has 0 saturated heterocycles. The number of carboxylic acid groups (broad SMARTS) is 1. The number of rotatable bonds is 11. The molecule has 0 radical (unpaired) electrons. The number of carbonyl (C=O) groups is 3. The zero-order valence-corrected chi connectivity index (χ0v) is 14.5. The molecular formula is C15H27NO7. The van der Waals surface area contributed by atoms with Gasteiger partial charge in [0.15, 0.2) is 6.10 Å². The van der Waals surface area contributed by atoms with Crippen LogP contribution in [0.25, 0.3) is 0 Å². The highest BCUT2D eigenvalue weighted by atomic mass is 16.6. The number of esters is 2. The average Bonchev–Trinajstić information content (AvgIpc) is 2.41. The van der Waals surface area contributed by atoms with E-state index < -0.39 is 30.1 Å². The number of carboxylic acids is 1. The summed E-state index contributed by atoms with van der Waals surface area (Å²) in [5, 5.41) is 11.1. The molecule has 0 heterocycles. The van der Waals surface area contributed by atoms with Gasteiger partial charge in [0.05, 0.1) is 40.3 Å². The first-order chi connectivity index (χ1) is 10.6. The summed E-state index contributed by atoms with van der Waals surface area (Å²) in [6, 6.07) is -0.708. The Morgan fingerprint density at radius 3 is 2.17 bits per heavy atom. The Hall–Kier alpha value is -1.67. The molecule has 134 valence electrons. The number of carbonyl (C=O) groups excluding carboxylic acids is 3. The van der Waals surface area contributed by atoms with E-state index in [9.17, 15) is 19.5 Å². The van der Waals surface area contributed by atoms with E-state index in [1.54, 1.807) is 28.1 Å². The van der Waals surface area contributed by atoms with Crippen molar-refractivity contribution in [1.82, 2.24) is 0 Å². The number of likely N-dealkylation sites (N-methyl/N-ethyl adjacent to an activating group) is 1. The summed E-state index contributed by atoms with van der Waals surface area (Å²) in [6.45, 7) is 2.99. The monoisotopic (exact) mass is 333 g/mol. The molecule has 0 saturated carbocycles. The van der Waals surface area contributed by atoms with Gasteiger partial charge in [0.1, 0.15) is 12.6 Å². The van der Waals surface area contributed by atoms with E-state index in [0.29, 0.717) is 0 Å². The van der Waals surface area contributed by atoms with Gasteiger partial charge in [-0.05, 0) is 0 Å².